The molecule has 32 heavy (non-hydrogen) atoms. The minimum absolute atomic E-state index is 0.0409. The van der Waals surface area contributed by atoms with Crippen molar-refractivity contribution in [3.05, 3.63) is 38.0 Å². The molecule has 0 fully saturated rings. The van der Waals surface area contributed by atoms with Gasteiger partial charge in [-0.25, -0.2) is 4.79 Å². The molecule has 0 aliphatic carbocycles. The predicted molar refractivity (Wildman–Crippen MR) is 126 cm³/mol. The van der Waals surface area contributed by atoms with E-state index in [4.69, 9.17) is 26.8 Å². The zero-order valence-corrected chi connectivity index (χ0v) is 19.5. The number of ether oxygens (including phenoxy) is 2. The molecule has 4 N–H and O–H groups in total. The van der Waals surface area contributed by atoms with Crippen molar-refractivity contribution in [2.24, 2.45) is 0 Å². The highest BCUT2D eigenvalue weighted by molar-refractivity contribution is 6.32. The molecule has 2 aromatic rings. The van der Waals surface area contributed by atoms with Crippen molar-refractivity contribution in [3.63, 3.8) is 0 Å². The first kappa shape index (κ1) is 25.1. The lowest BCUT2D eigenvalue weighted by molar-refractivity contribution is -0.115. The summed E-state index contributed by atoms with van der Waals surface area (Å²) in [5.41, 5.74) is 5.47. The van der Waals surface area contributed by atoms with Gasteiger partial charge in [-0.1, -0.05) is 31.9 Å². The number of rotatable bonds is 11. The first-order valence-electron chi connectivity index (χ1n) is 10.4. The molecule has 0 spiro atoms. The van der Waals surface area contributed by atoms with Crippen LogP contribution in [-0.2, 0) is 11.3 Å². The largest absolute Gasteiger partial charge is 0.495 e. The number of nitrogen functional groups attached to an aromatic ring is 1. The maximum absolute atomic E-state index is 12.9. The number of carbonyl (C=O) groups is 1. The number of hydrogen-bond acceptors (Lipinski definition) is 7. The molecule has 0 saturated heterocycles. The van der Waals surface area contributed by atoms with Crippen LogP contribution in [0.1, 0.15) is 33.1 Å². The van der Waals surface area contributed by atoms with Gasteiger partial charge >= 0.3 is 5.69 Å². The van der Waals surface area contributed by atoms with Crippen molar-refractivity contribution in [1.29, 1.82) is 0 Å². The quantitative estimate of drug-likeness (QED) is 0.462. The maximum atomic E-state index is 12.9. The van der Waals surface area contributed by atoms with Crippen LogP contribution in [0.4, 0.5) is 17.2 Å². The summed E-state index contributed by atoms with van der Waals surface area (Å²) in [5, 5.41) is 3.09. The molecule has 1 aromatic heterocycles. The Labute approximate surface area is 191 Å². The molecular formula is C21H30ClN5O5. The number of halogens is 1. The van der Waals surface area contributed by atoms with Gasteiger partial charge in [-0.3, -0.25) is 19.1 Å². The fourth-order valence-corrected chi connectivity index (χ4v) is 3.51. The van der Waals surface area contributed by atoms with Crippen molar-refractivity contribution < 1.29 is 14.3 Å². The topological polar surface area (TPSA) is 132 Å². The number of hydrogen-bond donors (Lipinski definition) is 3. The van der Waals surface area contributed by atoms with E-state index < -0.39 is 17.2 Å². The minimum Gasteiger partial charge on any atom is -0.495 e. The molecular weight excluding hydrogens is 438 g/mol. The summed E-state index contributed by atoms with van der Waals surface area (Å²) in [5.74, 6) is 0.360. The van der Waals surface area contributed by atoms with Crippen LogP contribution in [0.5, 0.6) is 11.5 Å². The Bertz CT molecular complexity index is 1070. The number of carbonyl (C=O) groups excluding carboxylic acids is 1. The Morgan fingerprint density at radius 3 is 2.47 bits per heavy atom. The zero-order valence-electron chi connectivity index (χ0n) is 18.8. The molecule has 1 heterocycles. The number of H-pyrrole nitrogens is 1. The summed E-state index contributed by atoms with van der Waals surface area (Å²) in [6.45, 7) is 4.49. The molecule has 2 rings (SSSR count). The summed E-state index contributed by atoms with van der Waals surface area (Å²) in [7, 11) is 2.92. The van der Waals surface area contributed by atoms with Gasteiger partial charge in [-0.15, -0.1) is 0 Å². The van der Waals surface area contributed by atoms with E-state index in [9.17, 15) is 14.4 Å². The molecule has 0 unspecified atom stereocenters. The van der Waals surface area contributed by atoms with Gasteiger partial charge in [0.05, 0.1) is 31.5 Å². The van der Waals surface area contributed by atoms with Crippen LogP contribution in [0.15, 0.2) is 21.7 Å². The molecule has 0 radical (unpaired) electrons. The zero-order chi connectivity index (χ0) is 23.8. The van der Waals surface area contributed by atoms with E-state index in [-0.39, 0.29) is 18.1 Å². The van der Waals surface area contributed by atoms with Crippen LogP contribution in [0.25, 0.3) is 0 Å². The SMILES string of the molecule is CCCCn1c(N)c(N(CCC)CC(=O)Nc2cc(OC)c(Cl)cc2OC)c(=O)[nH]c1=O. The second-order valence-corrected chi connectivity index (χ2v) is 7.56. The van der Waals surface area contributed by atoms with Crippen LogP contribution in [0.3, 0.4) is 0 Å². The predicted octanol–water partition coefficient (Wildman–Crippen LogP) is 2.44. The molecule has 10 nitrogen and oxygen atoms in total. The Morgan fingerprint density at radius 2 is 1.88 bits per heavy atom. The van der Waals surface area contributed by atoms with Crippen LogP contribution < -0.4 is 36.7 Å². The normalized spacial score (nSPS) is 10.7. The monoisotopic (exact) mass is 467 g/mol. The van der Waals surface area contributed by atoms with E-state index in [1.165, 1.54) is 24.9 Å². The van der Waals surface area contributed by atoms with Crippen molar-refractivity contribution in [2.75, 3.05) is 43.3 Å². The number of aromatic nitrogens is 2. The number of aromatic amines is 1. The first-order chi connectivity index (χ1) is 15.3. The molecule has 0 bridgehead atoms. The molecule has 0 saturated carbocycles. The molecule has 0 aliphatic rings. The highest BCUT2D eigenvalue weighted by atomic mass is 35.5. The van der Waals surface area contributed by atoms with Gasteiger partial charge in [0.25, 0.3) is 5.56 Å². The highest BCUT2D eigenvalue weighted by Crippen LogP contribution is 2.35. The maximum Gasteiger partial charge on any atom is 0.330 e. The van der Waals surface area contributed by atoms with Crippen LogP contribution in [-0.4, -0.2) is 42.8 Å². The third-order valence-corrected chi connectivity index (χ3v) is 5.14. The van der Waals surface area contributed by atoms with E-state index in [0.717, 1.165) is 12.8 Å². The average Bonchev–Trinajstić information content (AvgIpc) is 2.74. The number of nitrogens with two attached hydrogens (primary N) is 1. The number of methoxy groups -OCH3 is 2. The fraction of sp³-hybridized carbons (Fsp3) is 0.476. The van der Waals surface area contributed by atoms with E-state index in [0.29, 0.717) is 41.7 Å². The van der Waals surface area contributed by atoms with Gasteiger partial charge in [0.15, 0.2) is 0 Å². The second-order valence-electron chi connectivity index (χ2n) is 7.16. The first-order valence-corrected chi connectivity index (χ1v) is 10.7. The van der Waals surface area contributed by atoms with Crippen molar-refractivity contribution in [3.8, 4) is 11.5 Å². The van der Waals surface area contributed by atoms with E-state index >= 15 is 0 Å². The Balaban J connectivity index is 2.37. The van der Waals surface area contributed by atoms with Gasteiger partial charge < -0.3 is 25.4 Å². The van der Waals surface area contributed by atoms with Crippen LogP contribution in [0, 0.1) is 0 Å². The number of amides is 1. The van der Waals surface area contributed by atoms with E-state index in [1.54, 1.807) is 11.0 Å². The van der Waals surface area contributed by atoms with Gasteiger partial charge in [0.2, 0.25) is 5.91 Å². The number of unbranched alkanes of at least 4 members (excludes halogenated alkanes) is 1. The fourth-order valence-electron chi connectivity index (χ4n) is 3.28. The Morgan fingerprint density at radius 1 is 1.19 bits per heavy atom. The number of anilines is 3. The van der Waals surface area contributed by atoms with E-state index in [2.05, 4.69) is 10.3 Å². The summed E-state index contributed by atoms with van der Waals surface area (Å²) >= 11 is 6.12. The molecule has 11 heteroatoms. The smallest absolute Gasteiger partial charge is 0.330 e. The van der Waals surface area contributed by atoms with E-state index in [1.807, 2.05) is 13.8 Å². The lowest BCUT2D eigenvalue weighted by Crippen LogP contribution is -2.42. The summed E-state index contributed by atoms with van der Waals surface area (Å²) < 4.78 is 11.8. The van der Waals surface area contributed by atoms with Gasteiger partial charge in [0.1, 0.15) is 23.0 Å². The number of benzene rings is 1. The molecule has 0 atom stereocenters. The standard InChI is InChI=1S/C21H30ClN5O5/c1-5-7-9-27-19(23)18(20(29)25-21(27)30)26(8-6-2)12-17(28)24-14-11-15(31-3)13(22)10-16(14)32-4/h10-11H,5-9,12,23H2,1-4H3,(H,24,28)(H,25,29,30). The van der Waals surface area contributed by atoms with Crippen molar-refractivity contribution >= 4 is 34.7 Å². The molecule has 1 amide bonds. The van der Waals surface area contributed by atoms with Gasteiger partial charge in [-0.05, 0) is 12.8 Å². The van der Waals surface area contributed by atoms with Crippen molar-refractivity contribution in [1.82, 2.24) is 9.55 Å². The summed E-state index contributed by atoms with van der Waals surface area (Å²) in [6.07, 6.45) is 2.23. The van der Waals surface area contributed by atoms with Gasteiger partial charge in [-0.2, -0.15) is 0 Å². The van der Waals surface area contributed by atoms with Crippen LogP contribution in [0.2, 0.25) is 5.02 Å². The third kappa shape index (κ3) is 5.76. The lowest BCUT2D eigenvalue weighted by Gasteiger charge is -2.25. The van der Waals surface area contributed by atoms with Crippen molar-refractivity contribution in [2.45, 2.75) is 39.7 Å². The Kier molecular flexibility index (Phi) is 9.01. The second kappa shape index (κ2) is 11.5. The summed E-state index contributed by atoms with van der Waals surface area (Å²) in [4.78, 5) is 41.5. The highest BCUT2D eigenvalue weighted by Gasteiger charge is 2.21. The third-order valence-electron chi connectivity index (χ3n) is 4.84. The lowest BCUT2D eigenvalue weighted by atomic mass is 10.2. The summed E-state index contributed by atoms with van der Waals surface area (Å²) in [6, 6.07) is 3.08. The van der Waals surface area contributed by atoms with Crippen LogP contribution >= 0.6 is 11.6 Å². The van der Waals surface area contributed by atoms with Gasteiger partial charge in [0, 0.05) is 25.2 Å². The molecule has 1 aromatic carbocycles. The Hall–Kier alpha value is -3.14. The molecule has 176 valence electrons. The molecule has 0 aliphatic heterocycles. The number of nitrogens with one attached hydrogen (secondary N) is 2. The minimum atomic E-state index is -0.632. The number of nitrogens with zero attached hydrogens (tertiary/aromatic N) is 2. The average molecular weight is 468 g/mol.